The highest BCUT2D eigenvalue weighted by Crippen LogP contribution is 2.16. The van der Waals surface area contributed by atoms with Gasteiger partial charge in [-0.3, -0.25) is 9.79 Å². The Morgan fingerprint density at radius 3 is 2.78 bits per heavy atom. The van der Waals surface area contributed by atoms with E-state index in [1.165, 1.54) is 9.75 Å². The number of thiophene rings is 1. The minimum atomic E-state index is -2.98. The van der Waals surface area contributed by atoms with Crippen LogP contribution in [0.25, 0.3) is 0 Å². The van der Waals surface area contributed by atoms with Gasteiger partial charge in [-0.15, -0.1) is 11.3 Å². The van der Waals surface area contributed by atoms with E-state index in [0.717, 1.165) is 13.0 Å². The molecule has 2 atom stereocenters. The maximum Gasteiger partial charge on any atom is 0.222 e. The van der Waals surface area contributed by atoms with Crippen molar-refractivity contribution in [3.05, 3.63) is 21.9 Å². The minimum absolute atomic E-state index is 0.0475. The number of guanidine groups is 1. The van der Waals surface area contributed by atoms with Crippen LogP contribution < -0.4 is 16.0 Å². The lowest BCUT2D eigenvalue weighted by molar-refractivity contribution is -0.121. The van der Waals surface area contributed by atoms with Gasteiger partial charge in [0, 0.05) is 41.2 Å². The lowest BCUT2D eigenvalue weighted by Gasteiger charge is -2.17. The van der Waals surface area contributed by atoms with Crippen LogP contribution in [-0.4, -0.2) is 57.0 Å². The molecule has 0 radical (unpaired) electrons. The summed E-state index contributed by atoms with van der Waals surface area (Å²) in [5.74, 6) is 0.742. The van der Waals surface area contributed by atoms with E-state index in [1.54, 1.807) is 11.3 Å². The van der Waals surface area contributed by atoms with Crippen LogP contribution in [0.4, 0.5) is 0 Å². The van der Waals surface area contributed by atoms with Crippen molar-refractivity contribution in [1.82, 2.24) is 16.0 Å². The molecule has 152 valence electrons. The van der Waals surface area contributed by atoms with Crippen LogP contribution in [0.15, 0.2) is 17.1 Å². The maximum atomic E-state index is 12.0. The molecule has 7 nitrogen and oxygen atoms in total. The molecule has 2 rings (SSSR count). The average Bonchev–Trinajstić information content (AvgIpc) is 3.12. The highest BCUT2D eigenvalue weighted by Gasteiger charge is 2.28. The van der Waals surface area contributed by atoms with Gasteiger partial charge in [-0.25, -0.2) is 8.42 Å². The molecule has 1 fully saturated rings. The molecule has 0 aliphatic carbocycles. The molecule has 9 heteroatoms. The van der Waals surface area contributed by atoms with E-state index in [9.17, 15) is 13.2 Å². The number of rotatable bonds is 8. The standard InChI is InChI=1S/C18H30N4O3S2/c1-4-19-18(21-13(2)11-16-6-5-14(3)26-16)20-9-7-17(23)22-15-8-10-27(24,25)12-15/h5-6,13,15H,4,7-12H2,1-3H3,(H,22,23)(H2,19,20,21). The molecular formula is C18H30N4O3S2. The number of nitrogens with zero attached hydrogens (tertiary/aromatic N) is 1. The van der Waals surface area contributed by atoms with Gasteiger partial charge < -0.3 is 16.0 Å². The van der Waals surface area contributed by atoms with Crippen molar-refractivity contribution in [2.45, 2.75) is 52.1 Å². The van der Waals surface area contributed by atoms with Crippen LogP contribution >= 0.6 is 11.3 Å². The van der Waals surface area contributed by atoms with Crippen LogP contribution in [0.3, 0.4) is 0 Å². The van der Waals surface area contributed by atoms with E-state index in [0.29, 0.717) is 18.9 Å². The van der Waals surface area contributed by atoms with Crippen molar-refractivity contribution in [3.8, 4) is 0 Å². The van der Waals surface area contributed by atoms with Gasteiger partial charge in [0.05, 0.1) is 18.1 Å². The van der Waals surface area contributed by atoms with Crippen LogP contribution in [0.2, 0.25) is 0 Å². The largest absolute Gasteiger partial charge is 0.357 e. The van der Waals surface area contributed by atoms with Crippen LogP contribution in [0.5, 0.6) is 0 Å². The molecule has 0 bridgehead atoms. The first-order valence-electron chi connectivity index (χ1n) is 9.37. The van der Waals surface area contributed by atoms with E-state index >= 15 is 0 Å². The summed E-state index contributed by atoms with van der Waals surface area (Å²) in [7, 11) is -2.98. The monoisotopic (exact) mass is 414 g/mol. The fourth-order valence-electron chi connectivity index (χ4n) is 2.98. The number of aryl methyl sites for hydroxylation is 1. The average molecular weight is 415 g/mol. The molecule has 1 aliphatic heterocycles. The lowest BCUT2D eigenvalue weighted by atomic mass is 10.2. The fraction of sp³-hybridized carbons (Fsp3) is 0.667. The molecule has 1 aromatic heterocycles. The second-order valence-corrected chi connectivity index (χ2v) is 10.5. The summed E-state index contributed by atoms with van der Waals surface area (Å²) < 4.78 is 22.9. The SMILES string of the molecule is CCNC(=NCCC(=O)NC1CCS(=O)(=O)C1)NC(C)Cc1ccc(C)s1. The molecule has 0 spiro atoms. The van der Waals surface area contributed by atoms with Crippen molar-refractivity contribution < 1.29 is 13.2 Å². The van der Waals surface area contributed by atoms with Crippen molar-refractivity contribution in [2.24, 2.45) is 4.99 Å². The minimum Gasteiger partial charge on any atom is -0.357 e. The highest BCUT2D eigenvalue weighted by atomic mass is 32.2. The zero-order chi connectivity index (χ0) is 19.9. The van der Waals surface area contributed by atoms with Gasteiger partial charge in [0.1, 0.15) is 0 Å². The number of hydrogen-bond donors (Lipinski definition) is 3. The summed E-state index contributed by atoms with van der Waals surface area (Å²) in [6, 6.07) is 4.24. The van der Waals surface area contributed by atoms with Crippen LogP contribution in [-0.2, 0) is 21.1 Å². The Labute approximate surface area is 166 Å². The summed E-state index contributed by atoms with van der Waals surface area (Å²) in [6.45, 7) is 7.30. The molecule has 0 saturated carbocycles. The molecule has 1 aliphatic rings. The van der Waals surface area contributed by atoms with Crippen molar-refractivity contribution in [1.29, 1.82) is 0 Å². The summed E-state index contributed by atoms with van der Waals surface area (Å²) in [4.78, 5) is 19.1. The van der Waals surface area contributed by atoms with E-state index in [-0.39, 0.29) is 35.9 Å². The molecule has 27 heavy (non-hydrogen) atoms. The first-order valence-corrected chi connectivity index (χ1v) is 12.0. The molecule has 2 heterocycles. The number of hydrogen-bond acceptors (Lipinski definition) is 5. The first kappa shape index (κ1) is 21.7. The number of carbonyl (C=O) groups is 1. The second-order valence-electron chi connectivity index (χ2n) is 6.94. The smallest absolute Gasteiger partial charge is 0.222 e. The number of aliphatic imine (C=N–C) groups is 1. The van der Waals surface area contributed by atoms with Crippen molar-refractivity contribution in [3.63, 3.8) is 0 Å². The van der Waals surface area contributed by atoms with Crippen LogP contribution in [0, 0.1) is 6.92 Å². The summed E-state index contributed by atoms with van der Waals surface area (Å²) in [6.07, 6.45) is 1.66. The Morgan fingerprint density at radius 2 is 2.19 bits per heavy atom. The zero-order valence-electron chi connectivity index (χ0n) is 16.2. The molecular weight excluding hydrogens is 384 g/mol. The number of sulfone groups is 1. The Morgan fingerprint density at radius 1 is 1.41 bits per heavy atom. The maximum absolute atomic E-state index is 12.0. The number of carbonyl (C=O) groups excluding carboxylic acids is 1. The van der Waals surface area contributed by atoms with Gasteiger partial charge in [-0.2, -0.15) is 0 Å². The zero-order valence-corrected chi connectivity index (χ0v) is 17.9. The van der Waals surface area contributed by atoms with Crippen LogP contribution in [0.1, 0.15) is 36.4 Å². The van der Waals surface area contributed by atoms with E-state index < -0.39 is 9.84 Å². The summed E-state index contributed by atoms with van der Waals surface area (Å²) in [5.41, 5.74) is 0. The molecule has 3 N–H and O–H groups in total. The van der Waals surface area contributed by atoms with Gasteiger partial charge >= 0.3 is 0 Å². The third-order valence-corrected chi connectivity index (χ3v) is 7.03. The third kappa shape index (κ3) is 7.88. The van der Waals surface area contributed by atoms with Crippen molar-refractivity contribution in [2.75, 3.05) is 24.6 Å². The van der Waals surface area contributed by atoms with Gasteiger partial charge in [0.25, 0.3) is 0 Å². The third-order valence-electron chi connectivity index (χ3n) is 4.24. The molecule has 0 aromatic carbocycles. The predicted octanol–water partition coefficient (Wildman–Crippen LogP) is 1.24. The topological polar surface area (TPSA) is 99.7 Å². The molecule has 1 amide bonds. The molecule has 2 unspecified atom stereocenters. The second kappa shape index (κ2) is 10.1. The normalized spacial score (nSPS) is 20.3. The highest BCUT2D eigenvalue weighted by molar-refractivity contribution is 7.91. The van der Waals surface area contributed by atoms with Gasteiger partial charge in [-0.05, 0) is 39.3 Å². The lowest BCUT2D eigenvalue weighted by Crippen LogP contribution is -2.43. The van der Waals surface area contributed by atoms with E-state index in [1.807, 2.05) is 6.92 Å². The Hall–Kier alpha value is -1.61. The quantitative estimate of drug-likeness (QED) is 0.439. The van der Waals surface area contributed by atoms with E-state index in [4.69, 9.17) is 0 Å². The van der Waals surface area contributed by atoms with Crippen molar-refractivity contribution >= 4 is 33.0 Å². The molecule has 1 saturated heterocycles. The number of amides is 1. The molecule has 1 aromatic rings. The Bertz CT molecular complexity index is 758. The number of nitrogens with one attached hydrogen (secondary N) is 3. The Kier molecular flexibility index (Phi) is 8.09. The van der Waals surface area contributed by atoms with Gasteiger partial charge in [0.2, 0.25) is 5.91 Å². The summed E-state index contributed by atoms with van der Waals surface area (Å²) in [5, 5.41) is 9.35. The summed E-state index contributed by atoms with van der Waals surface area (Å²) >= 11 is 1.80. The first-order chi connectivity index (χ1) is 12.8. The van der Waals surface area contributed by atoms with Gasteiger partial charge in [0.15, 0.2) is 15.8 Å². The fourth-order valence-corrected chi connectivity index (χ4v) is 5.67. The van der Waals surface area contributed by atoms with E-state index in [2.05, 4.69) is 46.9 Å². The van der Waals surface area contributed by atoms with Gasteiger partial charge in [-0.1, -0.05) is 0 Å². The Balaban J connectivity index is 1.77. The predicted molar refractivity (Wildman–Crippen MR) is 111 cm³/mol.